The molecule has 2 atom stereocenters. The number of carbonyl (C=O) groups excluding carboxylic acids is 3. The molecular weight excluding hydrogens is 805 g/mol. The fourth-order valence-corrected chi connectivity index (χ4v) is 8.97. The van der Waals surface area contributed by atoms with Gasteiger partial charge in [-0.25, -0.2) is 0 Å². The minimum Gasteiger partial charge on any atom is -0.462 e. The maximum atomic E-state index is 12.8. The van der Waals surface area contributed by atoms with Crippen molar-refractivity contribution in [2.75, 3.05) is 13.2 Å². The lowest BCUT2D eigenvalue weighted by molar-refractivity contribution is -0.167. The molecule has 0 fully saturated rings. The highest BCUT2D eigenvalue weighted by molar-refractivity contribution is 5.71. The quantitative estimate of drug-likeness (QED) is 0.0344. The second-order valence-corrected chi connectivity index (χ2v) is 21.5. The fourth-order valence-electron chi connectivity index (χ4n) is 8.97. The molecular formula is C59H114O6. The Morgan fingerprint density at radius 3 is 0.800 bits per heavy atom. The summed E-state index contributed by atoms with van der Waals surface area (Å²) in [6, 6.07) is 0. The molecule has 386 valence electrons. The molecule has 0 N–H and O–H groups in total. The van der Waals surface area contributed by atoms with Crippen LogP contribution in [-0.2, 0) is 28.6 Å². The van der Waals surface area contributed by atoms with Crippen LogP contribution in [0.3, 0.4) is 0 Å². The molecule has 0 aliphatic rings. The molecule has 6 heteroatoms. The standard InChI is InChI=1S/C59H114O6/c1-7-55(6)47-41-35-29-22-18-14-12-10-8-9-11-13-15-19-23-30-36-42-48-57(60)63-51-56(65-59(62)50-44-38-32-26-25-28-34-40-46-54(4)5)52-64-58(61)49-43-37-31-24-20-16-17-21-27-33-39-45-53(2)3/h53-56H,7-52H2,1-6H3/t55?,56-/m0/s1. The van der Waals surface area contributed by atoms with Crippen molar-refractivity contribution in [1.29, 1.82) is 0 Å². The van der Waals surface area contributed by atoms with E-state index in [2.05, 4.69) is 41.5 Å². The molecule has 0 aliphatic heterocycles. The summed E-state index contributed by atoms with van der Waals surface area (Å²) in [5.74, 6) is 1.68. The van der Waals surface area contributed by atoms with Crippen molar-refractivity contribution in [2.45, 2.75) is 330 Å². The summed E-state index contributed by atoms with van der Waals surface area (Å²) in [7, 11) is 0. The zero-order valence-corrected chi connectivity index (χ0v) is 44.8. The number of unbranched alkanes of at least 4 members (excludes halogenated alkanes) is 34. The molecule has 0 aromatic heterocycles. The predicted octanol–water partition coefficient (Wildman–Crippen LogP) is 19.1. The summed E-state index contributed by atoms with van der Waals surface area (Å²) in [5, 5.41) is 0. The topological polar surface area (TPSA) is 78.9 Å². The van der Waals surface area contributed by atoms with Crippen molar-refractivity contribution in [1.82, 2.24) is 0 Å². The first-order valence-corrected chi connectivity index (χ1v) is 29.1. The summed E-state index contributed by atoms with van der Waals surface area (Å²) >= 11 is 0. The third kappa shape index (κ3) is 51.6. The highest BCUT2D eigenvalue weighted by atomic mass is 16.6. The van der Waals surface area contributed by atoms with Crippen LogP contribution >= 0.6 is 0 Å². The van der Waals surface area contributed by atoms with E-state index in [0.29, 0.717) is 19.3 Å². The van der Waals surface area contributed by atoms with Crippen molar-refractivity contribution in [3.05, 3.63) is 0 Å². The first kappa shape index (κ1) is 63.4. The third-order valence-corrected chi connectivity index (χ3v) is 13.8. The van der Waals surface area contributed by atoms with Gasteiger partial charge in [0.25, 0.3) is 0 Å². The molecule has 0 heterocycles. The van der Waals surface area contributed by atoms with Gasteiger partial charge in [-0.3, -0.25) is 14.4 Å². The fraction of sp³-hybridized carbons (Fsp3) is 0.949. The maximum Gasteiger partial charge on any atom is 0.306 e. The minimum atomic E-state index is -0.764. The highest BCUT2D eigenvalue weighted by Crippen LogP contribution is 2.19. The predicted molar refractivity (Wildman–Crippen MR) is 279 cm³/mol. The van der Waals surface area contributed by atoms with Crippen molar-refractivity contribution in [2.24, 2.45) is 17.8 Å². The second kappa shape index (κ2) is 50.3. The van der Waals surface area contributed by atoms with Gasteiger partial charge in [0.2, 0.25) is 0 Å². The molecule has 0 radical (unpaired) electrons. The Hall–Kier alpha value is -1.59. The van der Waals surface area contributed by atoms with E-state index in [4.69, 9.17) is 14.2 Å². The number of rotatable bonds is 52. The first-order valence-electron chi connectivity index (χ1n) is 29.1. The Morgan fingerprint density at radius 2 is 0.538 bits per heavy atom. The Labute approximate surface area is 406 Å². The molecule has 0 rings (SSSR count). The van der Waals surface area contributed by atoms with Crippen LogP contribution in [0.25, 0.3) is 0 Å². The monoisotopic (exact) mass is 919 g/mol. The van der Waals surface area contributed by atoms with Gasteiger partial charge < -0.3 is 14.2 Å². The van der Waals surface area contributed by atoms with Gasteiger partial charge in [-0.1, -0.05) is 286 Å². The van der Waals surface area contributed by atoms with Crippen LogP contribution in [0.15, 0.2) is 0 Å². The average Bonchev–Trinajstić information content (AvgIpc) is 3.28. The molecule has 0 aliphatic carbocycles. The van der Waals surface area contributed by atoms with Crippen molar-refractivity contribution in [3.63, 3.8) is 0 Å². The van der Waals surface area contributed by atoms with E-state index in [9.17, 15) is 14.4 Å². The summed E-state index contributed by atoms with van der Waals surface area (Å²) < 4.78 is 16.9. The van der Waals surface area contributed by atoms with Crippen LogP contribution in [0.5, 0.6) is 0 Å². The van der Waals surface area contributed by atoms with Crippen molar-refractivity contribution in [3.8, 4) is 0 Å². The van der Waals surface area contributed by atoms with E-state index in [1.54, 1.807) is 0 Å². The number of carbonyl (C=O) groups is 3. The van der Waals surface area contributed by atoms with Gasteiger partial charge in [0.1, 0.15) is 13.2 Å². The van der Waals surface area contributed by atoms with Gasteiger partial charge in [0.15, 0.2) is 6.10 Å². The largest absolute Gasteiger partial charge is 0.462 e. The Morgan fingerprint density at radius 1 is 0.308 bits per heavy atom. The molecule has 6 nitrogen and oxygen atoms in total. The lowest BCUT2D eigenvalue weighted by atomic mass is 9.99. The third-order valence-electron chi connectivity index (χ3n) is 13.8. The van der Waals surface area contributed by atoms with Crippen molar-refractivity contribution >= 4 is 17.9 Å². The molecule has 0 saturated heterocycles. The molecule has 65 heavy (non-hydrogen) atoms. The minimum absolute atomic E-state index is 0.0641. The van der Waals surface area contributed by atoms with E-state index in [-0.39, 0.29) is 31.1 Å². The highest BCUT2D eigenvalue weighted by Gasteiger charge is 2.19. The molecule has 0 bridgehead atoms. The molecule has 0 amide bonds. The van der Waals surface area contributed by atoms with Gasteiger partial charge in [-0.15, -0.1) is 0 Å². The normalized spacial score (nSPS) is 12.6. The molecule has 0 aromatic rings. The molecule has 0 saturated carbocycles. The lowest BCUT2D eigenvalue weighted by Gasteiger charge is -2.18. The van der Waals surface area contributed by atoms with E-state index in [1.807, 2.05) is 0 Å². The number of hydrogen-bond donors (Lipinski definition) is 0. The summed E-state index contributed by atoms with van der Waals surface area (Å²) in [6.45, 7) is 13.8. The zero-order valence-electron chi connectivity index (χ0n) is 44.8. The van der Waals surface area contributed by atoms with Crippen LogP contribution in [-0.4, -0.2) is 37.2 Å². The van der Waals surface area contributed by atoms with Crippen LogP contribution in [0.4, 0.5) is 0 Å². The number of hydrogen-bond acceptors (Lipinski definition) is 6. The SMILES string of the molecule is CCC(C)CCCCCCCCCCCCCCCCCCCCC(=O)OC[C@@H](COC(=O)CCCCCCCCCCCCCC(C)C)OC(=O)CCCCCCCCCCC(C)C. The van der Waals surface area contributed by atoms with E-state index < -0.39 is 6.10 Å². The van der Waals surface area contributed by atoms with Gasteiger partial charge in [-0.05, 0) is 37.0 Å². The average molecular weight is 920 g/mol. The zero-order chi connectivity index (χ0) is 47.7. The number of ether oxygens (including phenoxy) is 3. The van der Waals surface area contributed by atoms with E-state index in [1.165, 1.54) is 205 Å². The van der Waals surface area contributed by atoms with Crippen LogP contribution in [0.2, 0.25) is 0 Å². The molecule has 0 aromatic carbocycles. The van der Waals surface area contributed by atoms with Gasteiger partial charge in [-0.2, -0.15) is 0 Å². The second-order valence-electron chi connectivity index (χ2n) is 21.5. The van der Waals surface area contributed by atoms with E-state index >= 15 is 0 Å². The van der Waals surface area contributed by atoms with Gasteiger partial charge in [0, 0.05) is 19.3 Å². The Bertz CT molecular complexity index is 1010. The lowest BCUT2D eigenvalue weighted by Crippen LogP contribution is -2.30. The van der Waals surface area contributed by atoms with Crippen molar-refractivity contribution < 1.29 is 28.6 Å². The van der Waals surface area contributed by atoms with Gasteiger partial charge >= 0.3 is 17.9 Å². The Balaban J connectivity index is 4.20. The smallest absolute Gasteiger partial charge is 0.306 e. The molecule has 0 spiro atoms. The first-order chi connectivity index (χ1) is 31.6. The number of esters is 3. The van der Waals surface area contributed by atoms with Crippen LogP contribution in [0.1, 0.15) is 324 Å². The summed E-state index contributed by atoms with van der Waals surface area (Å²) in [5.41, 5.74) is 0. The maximum absolute atomic E-state index is 12.8. The van der Waals surface area contributed by atoms with E-state index in [0.717, 1.165) is 75.5 Å². The molecule has 1 unspecified atom stereocenters. The van der Waals surface area contributed by atoms with Crippen LogP contribution in [0, 0.1) is 17.8 Å². The Kier molecular flexibility index (Phi) is 49.1. The van der Waals surface area contributed by atoms with Gasteiger partial charge in [0.05, 0.1) is 0 Å². The van der Waals surface area contributed by atoms with Crippen LogP contribution < -0.4 is 0 Å². The summed E-state index contributed by atoms with van der Waals surface area (Å²) in [6.07, 6.45) is 52.4. The summed E-state index contributed by atoms with van der Waals surface area (Å²) in [4.78, 5) is 38.1.